The van der Waals surface area contributed by atoms with Crippen molar-refractivity contribution in [1.29, 1.82) is 0 Å². The molecule has 0 saturated carbocycles. The van der Waals surface area contributed by atoms with Crippen LogP contribution in [0.2, 0.25) is 0 Å². The van der Waals surface area contributed by atoms with E-state index in [9.17, 15) is 4.79 Å². The lowest BCUT2D eigenvalue weighted by Gasteiger charge is -2.09. The van der Waals surface area contributed by atoms with Gasteiger partial charge in [-0.25, -0.2) is 0 Å². The van der Waals surface area contributed by atoms with Crippen LogP contribution < -0.4 is 5.32 Å². The lowest BCUT2D eigenvalue weighted by Crippen LogP contribution is -2.13. The number of amides is 1. The van der Waals surface area contributed by atoms with E-state index in [1.165, 1.54) is 0 Å². The van der Waals surface area contributed by atoms with Crippen molar-refractivity contribution in [2.45, 2.75) is 33.6 Å². The number of aromatic amines is 1. The second-order valence-corrected chi connectivity index (χ2v) is 5.11. The minimum Gasteiger partial charge on any atom is -0.326 e. The fourth-order valence-electron chi connectivity index (χ4n) is 1.87. The summed E-state index contributed by atoms with van der Waals surface area (Å²) < 4.78 is 0. The van der Waals surface area contributed by atoms with Crippen molar-refractivity contribution in [2.75, 3.05) is 5.32 Å². The Morgan fingerprint density at radius 3 is 2.94 bits per heavy atom. The second-order valence-electron chi connectivity index (χ2n) is 5.11. The SMILES string of the molecule is Cc1cc2[nH]ncc2cc1NC(=O)CCC(C)C. The maximum atomic E-state index is 11.8. The number of hydrogen-bond acceptors (Lipinski definition) is 2. The molecule has 1 aromatic carbocycles. The second kappa shape index (κ2) is 5.21. The third-order valence-corrected chi connectivity index (χ3v) is 3.01. The van der Waals surface area contributed by atoms with Gasteiger partial charge in [-0.3, -0.25) is 9.89 Å². The van der Waals surface area contributed by atoms with Crippen LogP contribution in [-0.4, -0.2) is 16.1 Å². The summed E-state index contributed by atoms with van der Waals surface area (Å²) in [5, 5.41) is 10.9. The van der Waals surface area contributed by atoms with Crippen molar-refractivity contribution in [1.82, 2.24) is 10.2 Å². The molecule has 0 aliphatic rings. The number of anilines is 1. The van der Waals surface area contributed by atoms with Gasteiger partial charge < -0.3 is 5.32 Å². The van der Waals surface area contributed by atoms with Gasteiger partial charge in [0.05, 0.1) is 11.7 Å². The van der Waals surface area contributed by atoms with Crippen LogP contribution in [0.4, 0.5) is 5.69 Å². The number of nitrogens with one attached hydrogen (secondary N) is 2. The molecule has 2 aromatic rings. The Morgan fingerprint density at radius 2 is 2.22 bits per heavy atom. The van der Waals surface area contributed by atoms with Gasteiger partial charge in [0.25, 0.3) is 0 Å². The summed E-state index contributed by atoms with van der Waals surface area (Å²) in [5.41, 5.74) is 2.91. The number of aromatic nitrogens is 2. The van der Waals surface area contributed by atoms with Crippen molar-refractivity contribution < 1.29 is 4.79 Å². The van der Waals surface area contributed by atoms with Crippen LogP contribution in [0.5, 0.6) is 0 Å². The molecule has 2 N–H and O–H groups in total. The van der Waals surface area contributed by atoms with E-state index >= 15 is 0 Å². The van der Waals surface area contributed by atoms with Gasteiger partial charge in [0, 0.05) is 17.5 Å². The highest BCUT2D eigenvalue weighted by Crippen LogP contribution is 2.22. The van der Waals surface area contributed by atoms with Gasteiger partial charge in [-0.05, 0) is 37.0 Å². The smallest absolute Gasteiger partial charge is 0.224 e. The van der Waals surface area contributed by atoms with Gasteiger partial charge in [0.2, 0.25) is 5.91 Å². The predicted molar refractivity (Wildman–Crippen MR) is 73.5 cm³/mol. The van der Waals surface area contributed by atoms with Crippen LogP contribution in [0.3, 0.4) is 0 Å². The molecular formula is C14H19N3O. The molecule has 18 heavy (non-hydrogen) atoms. The number of benzene rings is 1. The number of rotatable bonds is 4. The Labute approximate surface area is 107 Å². The zero-order valence-electron chi connectivity index (χ0n) is 11.1. The van der Waals surface area contributed by atoms with Crippen LogP contribution in [0.15, 0.2) is 18.3 Å². The molecule has 0 atom stereocenters. The molecule has 96 valence electrons. The predicted octanol–water partition coefficient (Wildman–Crippen LogP) is 3.25. The van der Waals surface area contributed by atoms with Crippen LogP contribution in [0.1, 0.15) is 32.3 Å². The van der Waals surface area contributed by atoms with E-state index < -0.39 is 0 Å². The first kappa shape index (κ1) is 12.6. The number of H-pyrrole nitrogens is 1. The molecule has 0 radical (unpaired) electrons. The standard InChI is InChI=1S/C14H19N3O/c1-9(2)4-5-14(18)16-12-7-11-8-15-17-13(11)6-10(12)3/h6-9H,4-5H2,1-3H3,(H,15,17)(H,16,18). The minimum absolute atomic E-state index is 0.0784. The van der Waals surface area contributed by atoms with Crippen LogP contribution in [0, 0.1) is 12.8 Å². The van der Waals surface area contributed by atoms with Gasteiger partial charge in [-0.1, -0.05) is 13.8 Å². The van der Waals surface area contributed by atoms with E-state index in [0.717, 1.165) is 28.6 Å². The molecule has 4 nitrogen and oxygen atoms in total. The molecule has 1 aromatic heterocycles. The number of carbonyl (C=O) groups is 1. The molecule has 1 heterocycles. The number of fused-ring (bicyclic) bond motifs is 1. The molecule has 4 heteroatoms. The maximum Gasteiger partial charge on any atom is 0.224 e. The lowest BCUT2D eigenvalue weighted by atomic mass is 10.1. The van der Waals surface area contributed by atoms with Crippen LogP contribution in [-0.2, 0) is 4.79 Å². The molecular weight excluding hydrogens is 226 g/mol. The Balaban J connectivity index is 2.10. The Bertz CT molecular complexity index is 557. The highest BCUT2D eigenvalue weighted by molar-refractivity contribution is 5.94. The van der Waals surface area contributed by atoms with Gasteiger partial charge in [0.1, 0.15) is 0 Å². The molecule has 0 spiro atoms. The quantitative estimate of drug-likeness (QED) is 0.868. The fourth-order valence-corrected chi connectivity index (χ4v) is 1.87. The van der Waals surface area contributed by atoms with E-state index in [-0.39, 0.29) is 5.91 Å². The lowest BCUT2D eigenvalue weighted by molar-refractivity contribution is -0.116. The van der Waals surface area contributed by atoms with E-state index in [0.29, 0.717) is 12.3 Å². The summed E-state index contributed by atoms with van der Waals surface area (Å²) in [6.45, 7) is 6.23. The average Bonchev–Trinajstić information content (AvgIpc) is 2.74. The number of nitrogens with zero attached hydrogens (tertiary/aromatic N) is 1. The van der Waals surface area contributed by atoms with Gasteiger partial charge in [-0.2, -0.15) is 5.10 Å². The van der Waals surface area contributed by atoms with E-state index in [1.54, 1.807) is 6.20 Å². The first-order chi connectivity index (χ1) is 8.56. The molecule has 0 saturated heterocycles. The van der Waals surface area contributed by atoms with Crippen molar-refractivity contribution in [2.24, 2.45) is 5.92 Å². The van der Waals surface area contributed by atoms with Gasteiger partial charge in [0.15, 0.2) is 0 Å². The molecule has 0 aliphatic carbocycles. The highest BCUT2D eigenvalue weighted by Gasteiger charge is 2.07. The van der Waals surface area contributed by atoms with Crippen LogP contribution in [0.25, 0.3) is 10.9 Å². The summed E-state index contributed by atoms with van der Waals surface area (Å²) in [6.07, 6.45) is 3.25. The first-order valence-corrected chi connectivity index (χ1v) is 6.30. The molecule has 0 fully saturated rings. The summed E-state index contributed by atoms with van der Waals surface area (Å²) in [6, 6.07) is 3.96. The molecule has 0 aliphatic heterocycles. The van der Waals surface area contributed by atoms with Crippen molar-refractivity contribution in [3.63, 3.8) is 0 Å². The topological polar surface area (TPSA) is 57.8 Å². The third kappa shape index (κ3) is 2.88. The zero-order valence-corrected chi connectivity index (χ0v) is 11.1. The summed E-state index contributed by atoms with van der Waals surface area (Å²) in [4.78, 5) is 11.8. The Hall–Kier alpha value is -1.84. The van der Waals surface area contributed by atoms with E-state index in [4.69, 9.17) is 0 Å². The summed E-state index contributed by atoms with van der Waals surface area (Å²) in [7, 11) is 0. The zero-order chi connectivity index (χ0) is 13.1. The summed E-state index contributed by atoms with van der Waals surface area (Å²) in [5.74, 6) is 0.628. The number of aryl methyl sites for hydroxylation is 1. The van der Waals surface area contributed by atoms with Crippen molar-refractivity contribution in [3.8, 4) is 0 Å². The van der Waals surface area contributed by atoms with Gasteiger partial charge in [-0.15, -0.1) is 0 Å². The van der Waals surface area contributed by atoms with Gasteiger partial charge >= 0.3 is 0 Å². The largest absolute Gasteiger partial charge is 0.326 e. The van der Waals surface area contributed by atoms with Crippen molar-refractivity contribution >= 4 is 22.5 Å². The van der Waals surface area contributed by atoms with E-state index in [2.05, 4.69) is 29.4 Å². The maximum absolute atomic E-state index is 11.8. The van der Waals surface area contributed by atoms with E-state index in [1.807, 2.05) is 19.1 Å². The molecule has 0 bridgehead atoms. The highest BCUT2D eigenvalue weighted by atomic mass is 16.1. The molecule has 0 unspecified atom stereocenters. The monoisotopic (exact) mass is 245 g/mol. The first-order valence-electron chi connectivity index (χ1n) is 6.30. The van der Waals surface area contributed by atoms with Crippen LogP contribution >= 0.6 is 0 Å². The normalized spacial score (nSPS) is 11.1. The fraction of sp³-hybridized carbons (Fsp3) is 0.429. The average molecular weight is 245 g/mol. The minimum atomic E-state index is 0.0784. The summed E-state index contributed by atoms with van der Waals surface area (Å²) >= 11 is 0. The molecule has 2 rings (SSSR count). The Morgan fingerprint density at radius 1 is 1.44 bits per heavy atom. The third-order valence-electron chi connectivity index (χ3n) is 3.01. The Kier molecular flexibility index (Phi) is 3.65. The number of hydrogen-bond donors (Lipinski definition) is 2. The number of carbonyl (C=O) groups excluding carboxylic acids is 1. The molecule has 1 amide bonds. The van der Waals surface area contributed by atoms with Crippen molar-refractivity contribution in [3.05, 3.63) is 23.9 Å².